The first-order chi connectivity index (χ1) is 16.3. The van der Waals surface area contributed by atoms with E-state index in [0.717, 1.165) is 25.7 Å². The molecule has 2 aromatic rings. The summed E-state index contributed by atoms with van der Waals surface area (Å²) in [5.41, 5.74) is 6.88. The molecule has 1 unspecified atom stereocenters. The van der Waals surface area contributed by atoms with Gasteiger partial charge in [-0.2, -0.15) is 0 Å². The van der Waals surface area contributed by atoms with Gasteiger partial charge >= 0.3 is 5.97 Å². The standard InChI is InChI=1S/C22H32N6O6/c1-3-24-21(32)18-16(30)17(31)22(34-18)28-10-25-15-19(23)26-14(27-20(15)28)8-12-4-6-13(7-5-12)9-33-11(2)29/h10,12-13,16-18,22,30-31H,3-9H2,1-2H3,(H,24,32)(H2,23,26,27)/t12?,13?,16-,17+,18-,22?/m0/s1. The number of amides is 1. The van der Waals surface area contributed by atoms with E-state index < -0.39 is 30.4 Å². The number of esters is 1. The lowest BCUT2D eigenvalue weighted by atomic mass is 9.81. The lowest BCUT2D eigenvalue weighted by Gasteiger charge is -2.27. The van der Waals surface area contributed by atoms with Crippen molar-refractivity contribution in [2.45, 2.75) is 70.5 Å². The Kier molecular flexibility index (Phi) is 7.29. The Bertz CT molecular complexity index is 1040. The van der Waals surface area contributed by atoms with Crippen molar-refractivity contribution in [3.05, 3.63) is 12.2 Å². The van der Waals surface area contributed by atoms with Crippen LogP contribution < -0.4 is 11.1 Å². The molecule has 2 fully saturated rings. The van der Waals surface area contributed by atoms with Gasteiger partial charge < -0.3 is 30.7 Å². The first-order valence-electron chi connectivity index (χ1n) is 11.7. The van der Waals surface area contributed by atoms with Crippen LogP contribution in [0.3, 0.4) is 0 Å². The van der Waals surface area contributed by atoms with Gasteiger partial charge in [0.05, 0.1) is 12.9 Å². The van der Waals surface area contributed by atoms with E-state index in [0.29, 0.717) is 48.4 Å². The monoisotopic (exact) mass is 476 g/mol. The number of carbonyl (C=O) groups excluding carboxylic acids is 2. The van der Waals surface area contributed by atoms with Crippen LogP contribution in [0.1, 0.15) is 51.6 Å². The lowest BCUT2D eigenvalue weighted by Crippen LogP contribution is -2.42. The molecule has 0 radical (unpaired) electrons. The van der Waals surface area contributed by atoms with Gasteiger partial charge in [0.25, 0.3) is 5.91 Å². The number of nitrogen functional groups attached to an aromatic ring is 1. The number of ether oxygens (including phenoxy) is 2. The zero-order valence-electron chi connectivity index (χ0n) is 19.4. The molecule has 4 rings (SSSR count). The third kappa shape index (κ3) is 4.98. The normalized spacial score (nSPS) is 29.3. The van der Waals surface area contributed by atoms with Crippen LogP contribution in [0.5, 0.6) is 0 Å². The molecule has 1 aliphatic carbocycles. The average molecular weight is 477 g/mol. The van der Waals surface area contributed by atoms with Crippen molar-refractivity contribution in [1.29, 1.82) is 0 Å². The highest BCUT2D eigenvalue weighted by molar-refractivity contribution is 5.83. The van der Waals surface area contributed by atoms with E-state index in [2.05, 4.69) is 20.3 Å². The van der Waals surface area contributed by atoms with E-state index in [1.807, 2.05) is 0 Å². The Morgan fingerprint density at radius 2 is 1.91 bits per heavy atom. The SMILES string of the molecule is CCNC(=O)[C@H]1OC(n2cnc3c(N)nc(CC4CCC(COC(C)=O)CC4)nc32)[C@H](O)[C@@H]1O. The first-order valence-corrected chi connectivity index (χ1v) is 11.7. The van der Waals surface area contributed by atoms with Gasteiger partial charge in [-0.25, -0.2) is 15.0 Å². The van der Waals surface area contributed by atoms with Crippen LogP contribution in [0.4, 0.5) is 5.82 Å². The van der Waals surface area contributed by atoms with Crippen LogP contribution in [0.15, 0.2) is 6.33 Å². The second-order valence-corrected chi connectivity index (χ2v) is 9.07. The predicted molar refractivity (Wildman–Crippen MR) is 120 cm³/mol. The minimum absolute atomic E-state index is 0.218. The van der Waals surface area contributed by atoms with Gasteiger partial charge in [-0.15, -0.1) is 0 Å². The zero-order chi connectivity index (χ0) is 24.4. The maximum Gasteiger partial charge on any atom is 0.302 e. The zero-order valence-corrected chi connectivity index (χ0v) is 19.4. The summed E-state index contributed by atoms with van der Waals surface area (Å²) in [5.74, 6) is 0.774. The molecule has 0 aromatic carbocycles. The van der Waals surface area contributed by atoms with Gasteiger partial charge in [0.15, 0.2) is 23.8 Å². The molecule has 2 aliphatic rings. The molecule has 4 atom stereocenters. The number of aliphatic hydroxyl groups is 2. The summed E-state index contributed by atoms with van der Waals surface area (Å²) in [6.45, 7) is 4.01. The quantitative estimate of drug-likeness (QED) is 0.400. The largest absolute Gasteiger partial charge is 0.466 e. The van der Waals surface area contributed by atoms with Crippen molar-refractivity contribution in [2.75, 3.05) is 18.9 Å². The smallest absolute Gasteiger partial charge is 0.302 e. The number of nitrogens with one attached hydrogen (secondary N) is 1. The Balaban J connectivity index is 1.49. The van der Waals surface area contributed by atoms with E-state index >= 15 is 0 Å². The van der Waals surface area contributed by atoms with E-state index in [1.54, 1.807) is 6.92 Å². The van der Waals surface area contributed by atoms with Crippen molar-refractivity contribution in [1.82, 2.24) is 24.8 Å². The van der Waals surface area contributed by atoms with Crippen LogP contribution in [0, 0.1) is 11.8 Å². The summed E-state index contributed by atoms with van der Waals surface area (Å²) in [5, 5.41) is 23.5. The highest BCUT2D eigenvalue weighted by Gasteiger charge is 2.47. The number of nitrogens with two attached hydrogens (primary N) is 1. The Morgan fingerprint density at radius 1 is 1.21 bits per heavy atom. The molecule has 0 bridgehead atoms. The van der Waals surface area contributed by atoms with Crippen molar-refractivity contribution < 1.29 is 29.3 Å². The third-order valence-electron chi connectivity index (χ3n) is 6.58. The van der Waals surface area contributed by atoms with Crippen LogP contribution >= 0.6 is 0 Å². The minimum Gasteiger partial charge on any atom is -0.466 e. The number of hydrogen-bond donors (Lipinski definition) is 4. The van der Waals surface area contributed by atoms with Crippen molar-refractivity contribution in [3.8, 4) is 0 Å². The second kappa shape index (κ2) is 10.2. The van der Waals surface area contributed by atoms with Gasteiger partial charge in [-0.3, -0.25) is 14.2 Å². The summed E-state index contributed by atoms with van der Waals surface area (Å²) in [6, 6.07) is 0. The number of aliphatic hydroxyl groups excluding tert-OH is 2. The fourth-order valence-electron chi connectivity index (χ4n) is 4.74. The maximum atomic E-state index is 12.2. The molecule has 34 heavy (non-hydrogen) atoms. The van der Waals surface area contributed by atoms with Crippen molar-refractivity contribution >= 4 is 28.9 Å². The molecule has 3 heterocycles. The molecule has 0 spiro atoms. The first kappa shape index (κ1) is 24.3. The summed E-state index contributed by atoms with van der Waals surface area (Å²) < 4.78 is 12.3. The van der Waals surface area contributed by atoms with Gasteiger partial charge in [0, 0.05) is 19.9 Å². The molecule has 1 amide bonds. The fourth-order valence-corrected chi connectivity index (χ4v) is 4.74. The van der Waals surface area contributed by atoms with Crippen LogP contribution in [-0.2, 0) is 25.5 Å². The van der Waals surface area contributed by atoms with Crippen LogP contribution in [0.2, 0.25) is 0 Å². The highest BCUT2D eigenvalue weighted by atomic mass is 16.6. The number of aromatic nitrogens is 4. The Morgan fingerprint density at radius 3 is 2.59 bits per heavy atom. The van der Waals surface area contributed by atoms with Crippen molar-refractivity contribution in [2.24, 2.45) is 11.8 Å². The summed E-state index contributed by atoms with van der Waals surface area (Å²) in [4.78, 5) is 36.6. The molecular weight excluding hydrogens is 444 g/mol. The summed E-state index contributed by atoms with van der Waals surface area (Å²) >= 11 is 0. The highest BCUT2D eigenvalue weighted by Crippen LogP contribution is 2.34. The number of rotatable bonds is 7. The van der Waals surface area contributed by atoms with E-state index in [4.69, 9.17) is 15.2 Å². The number of likely N-dealkylation sites (N-methyl/N-ethyl adjacent to an activating group) is 1. The predicted octanol–water partition coefficient (Wildman–Crippen LogP) is 0.0758. The lowest BCUT2D eigenvalue weighted by molar-refractivity contribution is -0.142. The molecule has 12 nitrogen and oxygen atoms in total. The van der Waals surface area contributed by atoms with Gasteiger partial charge in [-0.05, 0) is 44.4 Å². The molecule has 5 N–H and O–H groups in total. The number of nitrogens with zero attached hydrogens (tertiary/aromatic N) is 4. The number of anilines is 1. The Hall–Kier alpha value is -2.83. The van der Waals surface area contributed by atoms with Crippen LogP contribution in [-0.4, -0.2) is 73.1 Å². The number of hydrogen-bond acceptors (Lipinski definition) is 10. The maximum absolute atomic E-state index is 12.2. The summed E-state index contributed by atoms with van der Waals surface area (Å²) in [7, 11) is 0. The number of fused-ring (bicyclic) bond motifs is 1. The molecule has 1 aliphatic heterocycles. The molecule has 1 saturated carbocycles. The molecule has 1 saturated heterocycles. The van der Waals surface area contributed by atoms with E-state index in [1.165, 1.54) is 17.8 Å². The minimum atomic E-state index is -1.39. The summed E-state index contributed by atoms with van der Waals surface area (Å²) in [6.07, 6.45) is 0.916. The third-order valence-corrected chi connectivity index (χ3v) is 6.58. The van der Waals surface area contributed by atoms with Crippen LogP contribution in [0.25, 0.3) is 11.2 Å². The number of imidazole rings is 1. The molecule has 12 heteroatoms. The molecular formula is C22H32N6O6. The second-order valence-electron chi connectivity index (χ2n) is 9.07. The van der Waals surface area contributed by atoms with Gasteiger partial charge in [-0.1, -0.05) is 0 Å². The number of carbonyl (C=O) groups is 2. The fraction of sp³-hybridized carbons (Fsp3) is 0.682. The van der Waals surface area contributed by atoms with Gasteiger partial charge in [0.2, 0.25) is 0 Å². The Labute approximate surface area is 196 Å². The van der Waals surface area contributed by atoms with Crippen molar-refractivity contribution in [3.63, 3.8) is 0 Å². The van der Waals surface area contributed by atoms with E-state index in [-0.39, 0.29) is 11.8 Å². The van der Waals surface area contributed by atoms with E-state index in [9.17, 15) is 19.8 Å². The average Bonchev–Trinajstić information content (AvgIpc) is 3.35. The molecule has 2 aromatic heterocycles. The topological polar surface area (TPSA) is 175 Å². The molecule has 186 valence electrons. The van der Waals surface area contributed by atoms with Gasteiger partial charge in [0.1, 0.15) is 23.5 Å².